The van der Waals surface area contributed by atoms with E-state index in [0.29, 0.717) is 40.7 Å². The molecule has 1 spiro atoms. The van der Waals surface area contributed by atoms with E-state index in [1.54, 1.807) is 43.4 Å². The molecule has 0 aliphatic carbocycles. The average Bonchev–Trinajstić information content (AvgIpc) is 3.93. The molecule has 5 aromatic carbocycles. The number of aromatic nitrogens is 3. The Kier molecular flexibility index (Phi) is 11.9. The molecule has 1 unspecified atom stereocenters. The summed E-state index contributed by atoms with van der Waals surface area (Å²) in [5.41, 5.74) is 3.77. The first-order valence-corrected chi connectivity index (χ1v) is 24.0. The van der Waals surface area contributed by atoms with Crippen LogP contribution < -0.4 is 24.9 Å². The Morgan fingerprint density at radius 3 is 2.33 bits per heavy atom. The predicted molar refractivity (Wildman–Crippen MR) is 240 cm³/mol. The lowest BCUT2D eigenvalue weighted by Crippen LogP contribution is -2.51. The van der Waals surface area contributed by atoms with Gasteiger partial charge in [0.05, 0.1) is 58.8 Å². The zero-order valence-corrected chi connectivity index (χ0v) is 36.7. The van der Waals surface area contributed by atoms with Crippen LogP contribution >= 0.6 is 11.6 Å². The second kappa shape index (κ2) is 17.3. The molecule has 0 bridgehead atoms. The van der Waals surface area contributed by atoms with Crippen LogP contribution in [0.5, 0.6) is 11.5 Å². The summed E-state index contributed by atoms with van der Waals surface area (Å²) < 4.78 is 19.9. The first-order chi connectivity index (χ1) is 29.5. The van der Waals surface area contributed by atoms with Crippen molar-refractivity contribution in [2.45, 2.75) is 62.7 Å². The largest absolute Gasteiger partial charge is 0.497 e. The van der Waals surface area contributed by atoms with Gasteiger partial charge >= 0.3 is 0 Å². The van der Waals surface area contributed by atoms with Crippen molar-refractivity contribution in [1.29, 1.82) is 0 Å². The van der Waals surface area contributed by atoms with Crippen LogP contribution in [0, 0.1) is 5.92 Å². The molecule has 8 rings (SSSR count). The molecule has 1 fully saturated rings. The highest BCUT2D eigenvalue weighted by molar-refractivity contribution is 6.91. The van der Waals surface area contributed by atoms with E-state index in [2.05, 4.69) is 47.8 Å². The Bertz CT molecular complexity index is 2520. The number of carbonyl (C=O) groups is 2. The number of amides is 2. The van der Waals surface area contributed by atoms with Crippen molar-refractivity contribution in [3.63, 3.8) is 0 Å². The van der Waals surface area contributed by atoms with Crippen LogP contribution in [0.3, 0.4) is 0 Å². The fourth-order valence-electron chi connectivity index (χ4n) is 9.49. The highest BCUT2D eigenvalue weighted by Crippen LogP contribution is 2.60. The number of aliphatic hydroxyl groups is 1. The van der Waals surface area contributed by atoms with Crippen LogP contribution in [-0.2, 0) is 28.2 Å². The summed E-state index contributed by atoms with van der Waals surface area (Å²) in [4.78, 5) is 30.4. The summed E-state index contributed by atoms with van der Waals surface area (Å²) in [5.74, 6) is 0.507. The van der Waals surface area contributed by atoms with Crippen LogP contribution in [0.25, 0.3) is 0 Å². The SMILES string of the molecule is COc1ccc(C(=O)Nc2cccc(CN3C(=O)[C@@]4(O[C@@H](CCn5cc(C(CO)c6ccccc6)nn5)[C@H]([Si](C)(C)c5ccc(OC)cc5)[C@H]4C)c4cc(Cl)ccc43)c2)cc1. The Morgan fingerprint density at radius 2 is 1.64 bits per heavy atom. The molecular formula is C48H50ClN5O6Si. The second-order valence-electron chi connectivity index (χ2n) is 16.4. The lowest BCUT2D eigenvalue weighted by molar-refractivity contribution is -0.146. The Labute approximate surface area is 362 Å². The van der Waals surface area contributed by atoms with Gasteiger partial charge in [-0.3, -0.25) is 14.3 Å². The van der Waals surface area contributed by atoms with Gasteiger partial charge in [-0.25, -0.2) is 0 Å². The summed E-state index contributed by atoms with van der Waals surface area (Å²) >= 11 is 6.77. The highest BCUT2D eigenvalue weighted by Gasteiger charge is 2.66. The molecule has 11 nitrogen and oxygen atoms in total. The molecule has 61 heavy (non-hydrogen) atoms. The third kappa shape index (κ3) is 7.96. The molecule has 1 aromatic heterocycles. The quantitative estimate of drug-likeness (QED) is 0.105. The number of aliphatic hydroxyl groups excluding tert-OH is 1. The van der Waals surface area contributed by atoms with Crippen molar-refractivity contribution in [3.05, 3.63) is 160 Å². The summed E-state index contributed by atoms with van der Waals surface area (Å²) in [6.07, 6.45) is 2.13. The normalized spacial score (nSPS) is 20.1. The van der Waals surface area contributed by atoms with Crippen LogP contribution in [0.15, 0.2) is 128 Å². The van der Waals surface area contributed by atoms with Gasteiger partial charge in [0, 0.05) is 40.5 Å². The number of nitrogens with zero attached hydrogens (tertiary/aromatic N) is 4. The van der Waals surface area contributed by atoms with Crippen molar-refractivity contribution < 1.29 is 28.9 Å². The average molecular weight is 856 g/mol. The summed E-state index contributed by atoms with van der Waals surface area (Å²) in [6, 6.07) is 38.2. The smallest absolute Gasteiger partial charge is 0.264 e. The fraction of sp³-hybridized carbons (Fsp3) is 0.292. The molecule has 2 N–H and O–H groups in total. The number of carbonyl (C=O) groups excluding carboxylic acids is 2. The second-order valence-corrected chi connectivity index (χ2v) is 21.6. The first-order valence-electron chi connectivity index (χ1n) is 20.5. The van der Waals surface area contributed by atoms with Gasteiger partial charge in [0.25, 0.3) is 11.8 Å². The predicted octanol–water partition coefficient (Wildman–Crippen LogP) is 8.18. The van der Waals surface area contributed by atoms with E-state index in [0.717, 1.165) is 28.1 Å². The van der Waals surface area contributed by atoms with Crippen LogP contribution in [-0.4, -0.2) is 66.9 Å². The van der Waals surface area contributed by atoms with Gasteiger partial charge in [0.1, 0.15) is 11.5 Å². The van der Waals surface area contributed by atoms with Gasteiger partial charge in [0.2, 0.25) is 0 Å². The van der Waals surface area contributed by atoms with Crippen LogP contribution in [0.4, 0.5) is 11.4 Å². The van der Waals surface area contributed by atoms with E-state index >= 15 is 4.79 Å². The molecule has 0 radical (unpaired) electrons. The Morgan fingerprint density at radius 1 is 0.934 bits per heavy atom. The first kappa shape index (κ1) is 41.9. The molecule has 2 aliphatic heterocycles. The number of ether oxygens (including phenoxy) is 3. The number of aryl methyl sites for hydroxylation is 1. The van der Waals surface area contributed by atoms with Crippen molar-refractivity contribution in [2.24, 2.45) is 5.92 Å². The van der Waals surface area contributed by atoms with Gasteiger partial charge in [-0.2, -0.15) is 0 Å². The number of hydrogen-bond donors (Lipinski definition) is 2. The number of rotatable bonds is 14. The number of methoxy groups -OCH3 is 2. The van der Waals surface area contributed by atoms with Gasteiger partial charge in [-0.1, -0.05) is 96.6 Å². The van der Waals surface area contributed by atoms with Gasteiger partial charge in [-0.05, 0) is 89.8 Å². The zero-order chi connectivity index (χ0) is 42.9. The summed E-state index contributed by atoms with van der Waals surface area (Å²) in [6.45, 7) is 7.51. The van der Waals surface area contributed by atoms with Gasteiger partial charge in [0.15, 0.2) is 5.60 Å². The van der Waals surface area contributed by atoms with Gasteiger partial charge < -0.3 is 29.5 Å². The standard InChI is InChI=1S/C48H50ClN5O6Si/c1-31-45(61(4,5)39-21-19-38(59-3)20-22-39)44(24-25-53-29-42(51-52-53)40(30-55)33-11-7-6-8-12-33)60-48(31)41-27-35(49)16-23-43(41)54(47(48)57)28-32-10-9-13-36(26-32)50-46(56)34-14-17-37(58-2)18-15-34/h6-23,26-27,29,31,40,44-45,55H,24-25,28,30H2,1-5H3,(H,50,56)/t31-,40?,44+,45-,48+/m1/s1. The zero-order valence-electron chi connectivity index (χ0n) is 34.9. The van der Waals surface area contributed by atoms with Crippen molar-refractivity contribution in [2.75, 3.05) is 31.0 Å². The molecular weight excluding hydrogens is 806 g/mol. The number of nitrogens with one attached hydrogen (secondary N) is 1. The van der Waals surface area contributed by atoms with Crippen LogP contribution in [0.1, 0.15) is 52.0 Å². The van der Waals surface area contributed by atoms with E-state index in [4.69, 9.17) is 25.8 Å². The van der Waals surface area contributed by atoms with E-state index in [9.17, 15) is 9.90 Å². The molecule has 3 heterocycles. The van der Waals surface area contributed by atoms with E-state index in [1.807, 2.05) is 95.8 Å². The van der Waals surface area contributed by atoms with Crippen molar-refractivity contribution in [3.8, 4) is 11.5 Å². The topological polar surface area (TPSA) is 128 Å². The molecule has 2 amide bonds. The number of fused-ring (bicyclic) bond motifs is 2. The summed E-state index contributed by atoms with van der Waals surface area (Å²) in [7, 11) is 0.817. The molecule has 1 saturated heterocycles. The van der Waals surface area contributed by atoms with E-state index < -0.39 is 13.7 Å². The number of anilines is 2. The molecule has 13 heteroatoms. The number of hydrogen-bond acceptors (Lipinski definition) is 8. The summed E-state index contributed by atoms with van der Waals surface area (Å²) in [5, 5.41) is 24.1. The maximum absolute atomic E-state index is 15.4. The number of halogens is 1. The fourth-order valence-corrected chi connectivity index (χ4v) is 13.7. The molecule has 5 atom stereocenters. The minimum atomic E-state index is -2.43. The van der Waals surface area contributed by atoms with E-state index in [1.165, 1.54) is 5.19 Å². The third-order valence-electron chi connectivity index (χ3n) is 12.6. The Balaban J connectivity index is 1.11. The maximum atomic E-state index is 15.4. The molecule has 314 valence electrons. The minimum Gasteiger partial charge on any atom is -0.497 e. The molecule has 6 aromatic rings. The Hall–Kier alpha value is -5.79. The van der Waals surface area contributed by atoms with E-state index in [-0.39, 0.29) is 48.4 Å². The minimum absolute atomic E-state index is 0.00868. The molecule has 0 saturated carbocycles. The highest BCUT2D eigenvalue weighted by atomic mass is 35.5. The van der Waals surface area contributed by atoms with Crippen molar-refractivity contribution in [1.82, 2.24) is 15.0 Å². The lowest BCUT2D eigenvalue weighted by Gasteiger charge is -2.37. The molecule has 2 aliphatic rings. The lowest BCUT2D eigenvalue weighted by atomic mass is 9.82. The van der Waals surface area contributed by atoms with Crippen molar-refractivity contribution >= 4 is 48.1 Å². The van der Waals surface area contributed by atoms with Crippen LogP contribution in [0.2, 0.25) is 23.7 Å². The number of benzene rings is 5. The van der Waals surface area contributed by atoms with Gasteiger partial charge in [-0.15, -0.1) is 5.10 Å². The monoisotopic (exact) mass is 855 g/mol. The third-order valence-corrected chi connectivity index (χ3v) is 17.2. The maximum Gasteiger partial charge on any atom is 0.264 e.